The number of amides is 1. The molecule has 0 atom stereocenters. The Bertz CT molecular complexity index is 744. The maximum absolute atomic E-state index is 12.8. The van der Waals surface area contributed by atoms with E-state index in [1.165, 1.54) is 13.2 Å². The summed E-state index contributed by atoms with van der Waals surface area (Å²) in [5.41, 5.74) is 0.235. The summed E-state index contributed by atoms with van der Waals surface area (Å²) in [6, 6.07) is 4.81. The van der Waals surface area contributed by atoms with Gasteiger partial charge in [0.15, 0.2) is 0 Å². The molecule has 8 heteroatoms. The van der Waals surface area contributed by atoms with Crippen LogP contribution in [-0.4, -0.2) is 59.1 Å². The van der Waals surface area contributed by atoms with Gasteiger partial charge in [0.1, 0.15) is 10.6 Å². The largest absolute Gasteiger partial charge is 0.495 e. The minimum absolute atomic E-state index is 0.00946. The fourth-order valence-corrected chi connectivity index (χ4v) is 3.86. The van der Waals surface area contributed by atoms with Crippen molar-refractivity contribution in [2.24, 2.45) is 0 Å². The Morgan fingerprint density at radius 1 is 1.32 bits per heavy atom. The molecule has 1 amide bonds. The predicted octanol–water partition coefficient (Wildman–Crippen LogP) is 1.44. The van der Waals surface area contributed by atoms with Crippen LogP contribution in [0.1, 0.15) is 26.7 Å². The lowest BCUT2D eigenvalue weighted by atomic mass is 10.1. The number of benzene rings is 1. The number of carbonyl (C=O) groups excluding carboxylic acids is 1. The molecule has 1 aliphatic rings. The van der Waals surface area contributed by atoms with E-state index < -0.39 is 10.0 Å². The molecule has 140 valence electrons. The molecular formula is C17H27N3O4S. The van der Waals surface area contributed by atoms with Crippen molar-refractivity contribution in [1.29, 1.82) is 0 Å². The van der Waals surface area contributed by atoms with E-state index in [2.05, 4.69) is 4.72 Å². The van der Waals surface area contributed by atoms with E-state index in [9.17, 15) is 13.2 Å². The molecule has 1 fully saturated rings. The molecule has 1 heterocycles. The van der Waals surface area contributed by atoms with Gasteiger partial charge in [-0.3, -0.25) is 4.79 Å². The highest BCUT2D eigenvalue weighted by atomic mass is 32.2. The molecule has 0 radical (unpaired) electrons. The van der Waals surface area contributed by atoms with E-state index in [1.807, 2.05) is 32.8 Å². The highest BCUT2D eigenvalue weighted by Crippen LogP contribution is 2.31. The van der Waals surface area contributed by atoms with Crippen molar-refractivity contribution in [3.63, 3.8) is 0 Å². The Morgan fingerprint density at radius 3 is 2.52 bits per heavy atom. The van der Waals surface area contributed by atoms with Crippen molar-refractivity contribution < 1.29 is 17.9 Å². The summed E-state index contributed by atoms with van der Waals surface area (Å²) in [6.45, 7) is 4.75. The minimum Gasteiger partial charge on any atom is -0.495 e. The third kappa shape index (κ3) is 4.31. The van der Waals surface area contributed by atoms with Gasteiger partial charge in [0.05, 0.1) is 7.11 Å². The number of rotatable bonds is 7. The molecule has 7 nitrogen and oxygen atoms in total. The fourth-order valence-electron chi connectivity index (χ4n) is 2.47. The van der Waals surface area contributed by atoms with Gasteiger partial charge in [0.25, 0.3) is 0 Å². The zero-order chi connectivity index (χ0) is 18.8. The van der Waals surface area contributed by atoms with Crippen LogP contribution in [0.15, 0.2) is 23.1 Å². The lowest BCUT2D eigenvalue weighted by Crippen LogP contribution is -2.48. The fraction of sp³-hybridized carbons (Fsp3) is 0.588. The minimum atomic E-state index is -3.78. The predicted molar refractivity (Wildman–Crippen MR) is 97.5 cm³/mol. The number of nitrogens with zero attached hydrogens (tertiary/aromatic N) is 2. The van der Waals surface area contributed by atoms with Gasteiger partial charge < -0.3 is 14.5 Å². The van der Waals surface area contributed by atoms with Gasteiger partial charge in [0, 0.05) is 30.7 Å². The third-order valence-corrected chi connectivity index (χ3v) is 6.15. The number of methoxy groups -OCH3 is 1. The number of hydrogen-bond donors (Lipinski definition) is 1. The Hall–Kier alpha value is -1.64. The highest BCUT2D eigenvalue weighted by Gasteiger charge is 2.28. The molecule has 0 aromatic heterocycles. The molecular weight excluding hydrogens is 342 g/mol. The van der Waals surface area contributed by atoms with E-state index in [4.69, 9.17) is 4.74 Å². The number of hydrogen-bond acceptors (Lipinski definition) is 5. The van der Waals surface area contributed by atoms with Crippen molar-refractivity contribution in [3.8, 4) is 5.75 Å². The average molecular weight is 369 g/mol. The molecule has 1 aromatic rings. The van der Waals surface area contributed by atoms with Crippen molar-refractivity contribution in [2.45, 2.75) is 37.1 Å². The summed E-state index contributed by atoms with van der Waals surface area (Å²) in [5, 5.41) is 0. The first kappa shape index (κ1) is 19.7. The van der Waals surface area contributed by atoms with Gasteiger partial charge in [0.2, 0.25) is 15.9 Å². The molecule has 1 N–H and O–H groups in total. The second-order valence-corrected chi connectivity index (χ2v) is 8.75. The van der Waals surface area contributed by atoms with Gasteiger partial charge in [-0.2, -0.15) is 0 Å². The highest BCUT2D eigenvalue weighted by molar-refractivity contribution is 7.89. The van der Waals surface area contributed by atoms with Gasteiger partial charge in [-0.05, 0) is 52.6 Å². The number of anilines is 1. The molecule has 0 bridgehead atoms. The van der Waals surface area contributed by atoms with Gasteiger partial charge >= 0.3 is 0 Å². The zero-order valence-corrected chi connectivity index (χ0v) is 16.3. The topological polar surface area (TPSA) is 78.9 Å². The molecule has 1 aliphatic heterocycles. The SMILES string of the molecule is COc1ccc(N2CCCC2=O)cc1S(=O)(=O)NCC(C)(C)N(C)C. The summed E-state index contributed by atoms with van der Waals surface area (Å²) in [7, 11) is 1.45. The molecule has 0 unspecified atom stereocenters. The van der Waals surface area contributed by atoms with Crippen molar-refractivity contribution >= 4 is 21.6 Å². The standard InChI is InChI=1S/C17H27N3O4S/c1-17(2,19(3)4)12-18-25(22,23)15-11-13(8-9-14(15)24-5)20-10-6-7-16(20)21/h8-9,11,18H,6-7,10,12H2,1-5H3. The molecule has 0 aliphatic carbocycles. The van der Waals surface area contributed by atoms with Crippen molar-refractivity contribution in [3.05, 3.63) is 18.2 Å². The second-order valence-electron chi connectivity index (χ2n) is 7.02. The van der Waals surface area contributed by atoms with Gasteiger partial charge in [-0.15, -0.1) is 0 Å². The molecule has 1 aromatic carbocycles. The van der Waals surface area contributed by atoms with E-state index in [-0.39, 0.29) is 28.6 Å². The summed E-state index contributed by atoms with van der Waals surface area (Å²) in [6.07, 6.45) is 1.27. The van der Waals surface area contributed by atoms with Crippen LogP contribution in [0.4, 0.5) is 5.69 Å². The summed E-state index contributed by atoms with van der Waals surface area (Å²) < 4.78 is 33.5. The number of sulfonamides is 1. The first-order chi connectivity index (χ1) is 11.6. The third-order valence-electron chi connectivity index (χ3n) is 4.73. The lowest BCUT2D eigenvalue weighted by molar-refractivity contribution is -0.117. The van der Waals surface area contributed by atoms with Crippen LogP contribution in [0.25, 0.3) is 0 Å². The Labute approximate surface area is 150 Å². The average Bonchev–Trinajstić information content (AvgIpc) is 2.98. The Kier molecular flexibility index (Phi) is 5.75. The first-order valence-corrected chi connectivity index (χ1v) is 9.72. The maximum atomic E-state index is 12.8. The number of ether oxygens (including phenoxy) is 1. The van der Waals surface area contributed by atoms with Crippen molar-refractivity contribution in [2.75, 3.05) is 39.2 Å². The van der Waals surface area contributed by atoms with Gasteiger partial charge in [-0.1, -0.05) is 0 Å². The Balaban J connectivity index is 2.33. The summed E-state index contributed by atoms with van der Waals surface area (Å²) in [4.78, 5) is 15.6. The Morgan fingerprint density at radius 2 is 2.00 bits per heavy atom. The maximum Gasteiger partial charge on any atom is 0.244 e. The molecule has 0 saturated carbocycles. The monoisotopic (exact) mass is 369 g/mol. The smallest absolute Gasteiger partial charge is 0.244 e. The zero-order valence-electron chi connectivity index (χ0n) is 15.5. The quantitative estimate of drug-likeness (QED) is 0.787. The van der Waals surface area contributed by atoms with Crippen LogP contribution in [0.2, 0.25) is 0 Å². The van der Waals surface area contributed by atoms with Crippen LogP contribution in [0.5, 0.6) is 5.75 Å². The van der Waals surface area contributed by atoms with Crippen LogP contribution >= 0.6 is 0 Å². The first-order valence-electron chi connectivity index (χ1n) is 8.24. The molecule has 2 rings (SSSR count). The molecule has 0 spiro atoms. The number of likely N-dealkylation sites (N-methyl/N-ethyl adjacent to an activating group) is 1. The summed E-state index contributed by atoms with van der Waals surface area (Å²) in [5.74, 6) is 0.265. The van der Waals surface area contributed by atoms with Crippen LogP contribution in [-0.2, 0) is 14.8 Å². The van der Waals surface area contributed by atoms with Crippen molar-refractivity contribution in [1.82, 2.24) is 9.62 Å². The van der Waals surface area contributed by atoms with Crippen LogP contribution < -0.4 is 14.4 Å². The van der Waals surface area contributed by atoms with E-state index in [0.29, 0.717) is 18.7 Å². The molecule has 25 heavy (non-hydrogen) atoms. The van der Waals surface area contributed by atoms with Crippen LogP contribution in [0.3, 0.4) is 0 Å². The second kappa shape index (κ2) is 7.31. The van der Waals surface area contributed by atoms with Gasteiger partial charge in [-0.25, -0.2) is 13.1 Å². The van der Waals surface area contributed by atoms with E-state index in [1.54, 1.807) is 17.0 Å². The molecule has 1 saturated heterocycles. The normalized spacial score (nSPS) is 15.9. The van der Waals surface area contributed by atoms with E-state index >= 15 is 0 Å². The number of nitrogens with one attached hydrogen (secondary N) is 1. The summed E-state index contributed by atoms with van der Waals surface area (Å²) >= 11 is 0. The van der Waals surface area contributed by atoms with Crippen LogP contribution in [0, 0.1) is 0 Å². The lowest BCUT2D eigenvalue weighted by Gasteiger charge is -2.32. The van der Waals surface area contributed by atoms with E-state index in [0.717, 1.165) is 6.42 Å². The number of carbonyl (C=O) groups is 1.